The number of alkyl halides is 2. The number of benzene rings is 2. The molecule has 0 atom stereocenters. The van der Waals surface area contributed by atoms with Gasteiger partial charge in [-0.15, -0.1) is 11.3 Å². The minimum atomic E-state index is -2.96. The third kappa shape index (κ3) is 5.29. The fourth-order valence-corrected chi connectivity index (χ4v) is 3.50. The number of para-hydroxylation sites is 2. The van der Waals surface area contributed by atoms with Gasteiger partial charge in [-0.25, -0.2) is 0 Å². The molecular weight excluding hydrogens is 384 g/mol. The van der Waals surface area contributed by atoms with E-state index in [9.17, 15) is 13.6 Å². The molecule has 7 heteroatoms. The number of hydrogen-bond donors (Lipinski definition) is 1. The van der Waals surface area contributed by atoms with Crippen molar-refractivity contribution in [3.05, 3.63) is 75.5 Å². The van der Waals surface area contributed by atoms with E-state index in [4.69, 9.17) is 4.74 Å². The topological polar surface area (TPSA) is 47.6 Å². The number of amides is 1. The van der Waals surface area contributed by atoms with E-state index in [0.717, 1.165) is 22.4 Å². The largest absolute Gasteiger partial charge is 0.489 e. The second-order valence-electron chi connectivity index (χ2n) is 6.26. The van der Waals surface area contributed by atoms with Gasteiger partial charge in [-0.2, -0.15) is 8.78 Å². The summed E-state index contributed by atoms with van der Waals surface area (Å²) in [6.45, 7) is 1.37. The Bertz CT molecular complexity index is 952. The van der Waals surface area contributed by atoms with Crippen molar-refractivity contribution in [2.45, 2.75) is 27.1 Å². The van der Waals surface area contributed by atoms with Crippen molar-refractivity contribution in [1.29, 1.82) is 0 Å². The Labute approximate surface area is 165 Å². The van der Waals surface area contributed by atoms with Crippen molar-refractivity contribution in [1.82, 2.24) is 0 Å². The van der Waals surface area contributed by atoms with Gasteiger partial charge in [0, 0.05) is 5.56 Å². The summed E-state index contributed by atoms with van der Waals surface area (Å²) in [6, 6.07) is 13.8. The Hall–Kier alpha value is -2.93. The zero-order chi connectivity index (χ0) is 20.1. The Kier molecular flexibility index (Phi) is 6.26. The third-order valence-electron chi connectivity index (χ3n) is 3.83. The summed E-state index contributed by atoms with van der Waals surface area (Å²) in [6.07, 6.45) is 0. The number of thiophene rings is 1. The maximum Gasteiger partial charge on any atom is 0.387 e. The van der Waals surface area contributed by atoms with E-state index in [1.807, 2.05) is 31.4 Å². The lowest BCUT2D eigenvalue weighted by Crippen LogP contribution is -2.12. The first-order chi connectivity index (χ1) is 13.4. The molecule has 0 aliphatic heterocycles. The zero-order valence-electron chi connectivity index (χ0n) is 15.4. The molecule has 0 aliphatic rings. The number of ether oxygens (including phenoxy) is 2. The molecule has 2 aromatic carbocycles. The number of nitrogens with one attached hydrogen (secondary N) is 1. The third-order valence-corrected chi connectivity index (χ3v) is 4.81. The van der Waals surface area contributed by atoms with Gasteiger partial charge in [-0.1, -0.05) is 18.2 Å². The van der Waals surface area contributed by atoms with Crippen molar-refractivity contribution in [3.63, 3.8) is 0 Å². The predicted molar refractivity (Wildman–Crippen MR) is 106 cm³/mol. The van der Waals surface area contributed by atoms with Crippen LogP contribution >= 0.6 is 11.3 Å². The lowest BCUT2D eigenvalue weighted by Gasteiger charge is -2.11. The summed E-state index contributed by atoms with van der Waals surface area (Å²) in [5, 5.41) is 4.44. The monoisotopic (exact) mass is 403 g/mol. The smallest absolute Gasteiger partial charge is 0.387 e. The first-order valence-electron chi connectivity index (χ1n) is 8.54. The van der Waals surface area contributed by atoms with Gasteiger partial charge in [-0.3, -0.25) is 4.79 Å². The number of rotatable bonds is 7. The number of carbonyl (C=O) groups is 1. The molecule has 3 aromatic rings. The minimum Gasteiger partial charge on any atom is -0.489 e. The quantitative estimate of drug-likeness (QED) is 0.543. The van der Waals surface area contributed by atoms with Gasteiger partial charge < -0.3 is 14.8 Å². The fourth-order valence-electron chi connectivity index (χ4n) is 2.71. The maximum absolute atomic E-state index is 12.5. The van der Waals surface area contributed by atoms with Crippen LogP contribution in [0.2, 0.25) is 0 Å². The predicted octanol–water partition coefficient (Wildman–Crippen LogP) is 5.80. The van der Waals surface area contributed by atoms with E-state index in [1.54, 1.807) is 18.2 Å². The van der Waals surface area contributed by atoms with Gasteiger partial charge >= 0.3 is 6.61 Å². The lowest BCUT2D eigenvalue weighted by atomic mass is 10.1. The van der Waals surface area contributed by atoms with Crippen LogP contribution in [0, 0.1) is 13.8 Å². The molecule has 1 amide bonds. The Morgan fingerprint density at radius 1 is 1.11 bits per heavy atom. The average Bonchev–Trinajstić information content (AvgIpc) is 3.10. The van der Waals surface area contributed by atoms with Crippen molar-refractivity contribution in [2.75, 3.05) is 5.32 Å². The number of halogens is 2. The zero-order valence-corrected chi connectivity index (χ0v) is 16.2. The molecule has 0 aliphatic carbocycles. The normalized spacial score (nSPS) is 10.8. The summed E-state index contributed by atoms with van der Waals surface area (Å²) in [4.78, 5) is 12.9. The molecule has 0 fully saturated rings. The van der Waals surface area contributed by atoms with Crippen LogP contribution < -0.4 is 14.8 Å². The highest BCUT2D eigenvalue weighted by molar-refractivity contribution is 7.12. The molecule has 1 aromatic heterocycles. The van der Waals surface area contributed by atoms with Crippen LogP contribution in [0.25, 0.3) is 0 Å². The summed E-state index contributed by atoms with van der Waals surface area (Å²) >= 11 is 1.26. The Balaban J connectivity index is 1.64. The number of hydrogen-bond acceptors (Lipinski definition) is 4. The summed E-state index contributed by atoms with van der Waals surface area (Å²) in [7, 11) is 0. The van der Waals surface area contributed by atoms with E-state index in [1.165, 1.54) is 23.5 Å². The molecule has 28 heavy (non-hydrogen) atoms. The van der Waals surface area contributed by atoms with Crippen LogP contribution in [0.5, 0.6) is 11.5 Å². The SMILES string of the molecule is Cc1cc(C)cc(OCc2csc(C(=O)Nc3ccccc3OC(F)F)c2)c1. The Morgan fingerprint density at radius 3 is 2.54 bits per heavy atom. The van der Waals surface area contributed by atoms with E-state index in [2.05, 4.69) is 16.1 Å². The van der Waals surface area contributed by atoms with Crippen LogP contribution in [-0.4, -0.2) is 12.5 Å². The molecule has 0 saturated heterocycles. The first kappa shape index (κ1) is 19.8. The number of carbonyl (C=O) groups excluding carboxylic acids is 1. The summed E-state index contributed by atoms with van der Waals surface area (Å²) < 4.78 is 35.2. The first-order valence-corrected chi connectivity index (χ1v) is 9.42. The minimum absolute atomic E-state index is 0.0826. The average molecular weight is 403 g/mol. The molecule has 1 heterocycles. The second-order valence-corrected chi connectivity index (χ2v) is 7.17. The van der Waals surface area contributed by atoms with E-state index in [-0.39, 0.29) is 11.4 Å². The van der Waals surface area contributed by atoms with Crippen LogP contribution in [0.1, 0.15) is 26.4 Å². The van der Waals surface area contributed by atoms with Crippen molar-refractivity contribution in [2.24, 2.45) is 0 Å². The van der Waals surface area contributed by atoms with Gasteiger partial charge in [0.1, 0.15) is 18.1 Å². The standard InChI is InChI=1S/C21H19F2NO3S/c1-13-7-14(2)9-16(8-13)26-11-15-10-19(28-12-15)20(25)24-17-5-3-4-6-18(17)27-21(22)23/h3-10,12,21H,11H2,1-2H3,(H,24,25). The molecule has 0 radical (unpaired) electrons. The molecule has 1 N–H and O–H groups in total. The molecule has 0 saturated carbocycles. The molecule has 4 nitrogen and oxygen atoms in total. The highest BCUT2D eigenvalue weighted by Gasteiger charge is 2.14. The van der Waals surface area contributed by atoms with E-state index < -0.39 is 12.5 Å². The lowest BCUT2D eigenvalue weighted by molar-refractivity contribution is -0.0493. The van der Waals surface area contributed by atoms with E-state index >= 15 is 0 Å². The molecule has 0 unspecified atom stereocenters. The molecule has 3 rings (SSSR count). The van der Waals surface area contributed by atoms with Crippen molar-refractivity contribution < 1.29 is 23.0 Å². The maximum atomic E-state index is 12.5. The van der Waals surface area contributed by atoms with Gasteiger partial charge in [0.2, 0.25) is 0 Å². The van der Waals surface area contributed by atoms with Gasteiger partial charge in [-0.05, 0) is 60.7 Å². The molecular formula is C21H19F2NO3S. The van der Waals surface area contributed by atoms with Crippen LogP contribution in [0.4, 0.5) is 14.5 Å². The molecule has 0 spiro atoms. The van der Waals surface area contributed by atoms with Crippen molar-refractivity contribution >= 4 is 22.9 Å². The highest BCUT2D eigenvalue weighted by atomic mass is 32.1. The second kappa shape index (κ2) is 8.84. The van der Waals surface area contributed by atoms with E-state index in [0.29, 0.717) is 11.5 Å². The summed E-state index contributed by atoms with van der Waals surface area (Å²) in [5.41, 5.74) is 3.27. The van der Waals surface area contributed by atoms with Crippen LogP contribution in [-0.2, 0) is 6.61 Å². The highest BCUT2D eigenvalue weighted by Crippen LogP contribution is 2.27. The number of anilines is 1. The van der Waals surface area contributed by atoms with Gasteiger partial charge in [0.05, 0.1) is 10.6 Å². The molecule has 0 bridgehead atoms. The van der Waals surface area contributed by atoms with Crippen LogP contribution in [0.3, 0.4) is 0 Å². The summed E-state index contributed by atoms with van der Waals surface area (Å²) in [5.74, 6) is 0.293. The van der Waals surface area contributed by atoms with Crippen molar-refractivity contribution in [3.8, 4) is 11.5 Å². The fraction of sp³-hybridized carbons (Fsp3) is 0.190. The molecule has 146 valence electrons. The van der Waals surface area contributed by atoms with Crippen LogP contribution in [0.15, 0.2) is 53.9 Å². The number of aryl methyl sites for hydroxylation is 2. The van der Waals surface area contributed by atoms with Gasteiger partial charge in [0.15, 0.2) is 0 Å². The Morgan fingerprint density at radius 2 is 1.82 bits per heavy atom. The van der Waals surface area contributed by atoms with Gasteiger partial charge in [0.25, 0.3) is 5.91 Å².